The average molecular weight is 254 g/mol. The van der Waals surface area contributed by atoms with Gasteiger partial charge < -0.3 is 10.1 Å². The van der Waals surface area contributed by atoms with Crippen LogP contribution >= 0.6 is 11.6 Å². The van der Waals surface area contributed by atoms with Crippen molar-refractivity contribution in [2.75, 3.05) is 13.1 Å². The lowest BCUT2D eigenvalue weighted by Gasteiger charge is -2.19. The topological polar surface area (TPSA) is 21.3 Å². The second-order valence-corrected chi connectivity index (χ2v) is 5.70. The number of benzene rings is 1. The van der Waals surface area contributed by atoms with Gasteiger partial charge in [0.15, 0.2) is 0 Å². The third kappa shape index (κ3) is 3.90. The zero-order valence-corrected chi connectivity index (χ0v) is 11.3. The van der Waals surface area contributed by atoms with Crippen LogP contribution in [0.25, 0.3) is 0 Å². The lowest BCUT2D eigenvalue weighted by Crippen LogP contribution is -2.35. The molecule has 3 heteroatoms. The summed E-state index contributed by atoms with van der Waals surface area (Å²) in [6.45, 7) is 6.42. The van der Waals surface area contributed by atoms with Gasteiger partial charge in [-0.3, -0.25) is 0 Å². The van der Waals surface area contributed by atoms with E-state index in [2.05, 4.69) is 19.2 Å². The second-order valence-electron chi connectivity index (χ2n) is 5.26. The van der Waals surface area contributed by atoms with Gasteiger partial charge in [0, 0.05) is 11.6 Å². The molecule has 0 radical (unpaired) electrons. The van der Waals surface area contributed by atoms with Crippen molar-refractivity contribution in [3.05, 3.63) is 29.3 Å². The first-order valence-electron chi connectivity index (χ1n) is 6.25. The van der Waals surface area contributed by atoms with Crippen molar-refractivity contribution in [3.8, 4) is 5.75 Å². The molecule has 0 aliphatic heterocycles. The maximum Gasteiger partial charge on any atom is 0.122 e. The maximum absolute atomic E-state index is 6.03. The third-order valence-electron chi connectivity index (χ3n) is 2.96. The Morgan fingerprint density at radius 3 is 2.47 bits per heavy atom. The van der Waals surface area contributed by atoms with Gasteiger partial charge in [0.2, 0.25) is 0 Å². The van der Waals surface area contributed by atoms with Crippen molar-refractivity contribution < 1.29 is 4.74 Å². The first-order valence-corrected chi connectivity index (χ1v) is 6.63. The van der Waals surface area contributed by atoms with Crippen LogP contribution in [-0.4, -0.2) is 18.7 Å². The van der Waals surface area contributed by atoms with Crippen LogP contribution in [0.1, 0.15) is 26.7 Å². The predicted molar refractivity (Wildman–Crippen MR) is 71.8 cm³/mol. The highest BCUT2D eigenvalue weighted by molar-refractivity contribution is 6.30. The summed E-state index contributed by atoms with van der Waals surface area (Å²) in [7, 11) is 0. The van der Waals surface area contributed by atoms with E-state index in [0.717, 1.165) is 36.7 Å². The molecular formula is C14H20ClNO. The van der Waals surface area contributed by atoms with E-state index in [-0.39, 0.29) is 5.60 Å². The van der Waals surface area contributed by atoms with Gasteiger partial charge in [0.1, 0.15) is 11.4 Å². The highest BCUT2D eigenvalue weighted by Gasteiger charge is 2.45. The smallest absolute Gasteiger partial charge is 0.122 e. The van der Waals surface area contributed by atoms with Gasteiger partial charge in [-0.15, -0.1) is 0 Å². The van der Waals surface area contributed by atoms with Crippen LogP contribution in [-0.2, 0) is 0 Å². The molecule has 17 heavy (non-hydrogen) atoms. The van der Waals surface area contributed by atoms with Gasteiger partial charge in [-0.25, -0.2) is 0 Å². The van der Waals surface area contributed by atoms with Crippen LogP contribution < -0.4 is 10.1 Å². The summed E-state index contributed by atoms with van der Waals surface area (Å²) in [5, 5.41) is 4.22. The molecule has 1 aliphatic rings. The lowest BCUT2D eigenvalue weighted by atomic mass is 10.2. The Hall–Kier alpha value is -0.730. The van der Waals surface area contributed by atoms with Crippen LogP contribution in [0.15, 0.2) is 24.3 Å². The monoisotopic (exact) mass is 253 g/mol. The quantitative estimate of drug-likeness (QED) is 0.838. The summed E-state index contributed by atoms with van der Waals surface area (Å²) in [5.41, 5.74) is 0.0305. The fourth-order valence-corrected chi connectivity index (χ4v) is 1.92. The molecule has 0 aromatic heterocycles. The number of hydrogen-bond acceptors (Lipinski definition) is 2. The molecular weight excluding hydrogens is 234 g/mol. The van der Waals surface area contributed by atoms with Gasteiger partial charge in [0.25, 0.3) is 0 Å². The minimum absolute atomic E-state index is 0.0305. The van der Waals surface area contributed by atoms with E-state index in [1.165, 1.54) is 0 Å². The second kappa shape index (κ2) is 5.28. The predicted octanol–water partition coefficient (Wildman–Crippen LogP) is 3.50. The first-order chi connectivity index (χ1) is 8.10. The lowest BCUT2D eigenvalue weighted by molar-refractivity contribution is 0.174. The Kier molecular flexibility index (Phi) is 3.95. The Bertz CT molecular complexity index is 357. The Morgan fingerprint density at radius 1 is 1.29 bits per heavy atom. The first kappa shape index (κ1) is 12.7. The molecule has 1 aromatic carbocycles. The highest BCUT2D eigenvalue weighted by Crippen LogP contribution is 2.39. The molecule has 1 saturated carbocycles. The Balaban J connectivity index is 1.83. The summed E-state index contributed by atoms with van der Waals surface area (Å²) in [6, 6.07) is 7.61. The fourth-order valence-electron chi connectivity index (χ4n) is 1.80. The molecule has 1 fully saturated rings. The molecule has 2 rings (SSSR count). The van der Waals surface area contributed by atoms with Gasteiger partial charge >= 0.3 is 0 Å². The molecule has 1 aromatic rings. The van der Waals surface area contributed by atoms with Crippen molar-refractivity contribution >= 4 is 11.6 Å². The van der Waals surface area contributed by atoms with Crippen LogP contribution in [0.2, 0.25) is 5.02 Å². The third-order valence-corrected chi connectivity index (χ3v) is 3.21. The zero-order chi connectivity index (χ0) is 12.3. The van der Waals surface area contributed by atoms with Gasteiger partial charge in [-0.1, -0.05) is 25.4 Å². The average Bonchev–Trinajstić information content (AvgIpc) is 3.01. The molecule has 0 spiro atoms. The van der Waals surface area contributed by atoms with E-state index in [1.54, 1.807) is 0 Å². The SMILES string of the molecule is CC(C)CNCC1(Oc2ccc(Cl)cc2)CC1. The highest BCUT2D eigenvalue weighted by atomic mass is 35.5. The van der Waals surface area contributed by atoms with Crippen LogP contribution in [0, 0.1) is 5.92 Å². The van der Waals surface area contributed by atoms with Crippen LogP contribution in [0.5, 0.6) is 5.75 Å². The number of ether oxygens (including phenoxy) is 1. The van der Waals surface area contributed by atoms with Crippen molar-refractivity contribution in [2.45, 2.75) is 32.3 Å². The Morgan fingerprint density at radius 2 is 1.94 bits per heavy atom. The molecule has 1 N–H and O–H groups in total. The molecule has 0 amide bonds. The van der Waals surface area contributed by atoms with Gasteiger partial charge in [0.05, 0.1) is 0 Å². The summed E-state index contributed by atoms with van der Waals surface area (Å²) < 4.78 is 6.03. The number of hydrogen-bond donors (Lipinski definition) is 1. The van der Waals surface area contributed by atoms with Crippen LogP contribution in [0.3, 0.4) is 0 Å². The van der Waals surface area contributed by atoms with Crippen molar-refractivity contribution in [3.63, 3.8) is 0 Å². The normalized spacial score (nSPS) is 17.2. The number of halogens is 1. The molecule has 0 bridgehead atoms. The van der Waals surface area contributed by atoms with E-state index in [9.17, 15) is 0 Å². The van der Waals surface area contributed by atoms with Crippen molar-refractivity contribution in [1.29, 1.82) is 0 Å². The molecule has 1 aliphatic carbocycles. The van der Waals surface area contributed by atoms with E-state index in [4.69, 9.17) is 16.3 Å². The van der Waals surface area contributed by atoms with Crippen molar-refractivity contribution in [2.24, 2.45) is 5.92 Å². The van der Waals surface area contributed by atoms with Crippen molar-refractivity contribution in [1.82, 2.24) is 5.32 Å². The molecule has 0 heterocycles. The zero-order valence-electron chi connectivity index (χ0n) is 10.5. The summed E-state index contributed by atoms with van der Waals surface area (Å²) in [6.07, 6.45) is 2.28. The molecule has 94 valence electrons. The summed E-state index contributed by atoms with van der Waals surface area (Å²) >= 11 is 5.85. The molecule has 0 atom stereocenters. The van der Waals surface area contributed by atoms with E-state index in [1.807, 2.05) is 24.3 Å². The maximum atomic E-state index is 6.03. The van der Waals surface area contributed by atoms with Crippen LogP contribution in [0.4, 0.5) is 0 Å². The van der Waals surface area contributed by atoms with Gasteiger partial charge in [-0.05, 0) is 49.6 Å². The summed E-state index contributed by atoms with van der Waals surface area (Å²) in [4.78, 5) is 0. The van der Waals surface area contributed by atoms with Gasteiger partial charge in [-0.2, -0.15) is 0 Å². The van der Waals surface area contributed by atoms with E-state index in [0.29, 0.717) is 5.92 Å². The minimum Gasteiger partial charge on any atom is -0.486 e. The fraction of sp³-hybridized carbons (Fsp3) is 0.571. The number of nitrogens with one attached hydrogen (secondary N) is 1. The Labute approximate surface area is 108 Å². The standard InChI is InChI=1S/C14H20ClNO/c1-11(2)9-16-10-14(7-8-14)17-13-5-3-12(15)4-6-13/h3-6,11,16H,7-10H2,1-2H3. The largest absolute Gasteiger partial charge is 0.486 e. The molecule has 0 unspecified atom stereocenters. The minimum atomic E-state index is 0.0305. The van der Waals surface area contributed by atoms with E-state index >= 15 is 0 Å². The molecule has 2 nitrogen and oxygen atoms in total. The van der Waals surface area contributed by atoms with E-state index < -0.39 is 0 Å². The number of rotatable bonds is 6. The molecule has 0 saturated heterocycles. The summed E-state index contributed by atoms with van der Waals surface area (Å²) in [5.74, 6) is 1.60.